The van der Waals surface area contributed by atoms with E-state index < -0.39 is 11.9 Å². The molecule has 1 atom stereocenters. The van der Waals surface area contributed by atoms with Crippen LogP contribution in [0.1, 0.15) is 29.3 Å². The van der Waals surface area contributed by atoms with Gasteiger partial charge in [-0.1, -0.05) is 0 Å². The van der Waals surface area contributed by atoms with E-state index in [0.29, 0.717) is 0 Å². The van der Waals surface area contributed by atoms with Gasteiger partial charge in [-0.2, -0.15) is 0 Å². The fraction of sp³-hybridized carbons (Fsp3) is 0.500. The lowest BCUT2D eigenvalue weighted by Gasteiger charge is -2.34. The lowest BCUT2D eigenvalue weighted by molar-refractivity contribution is -0.168. The third-order valence-corrected chi connectivity index (χ3v) is 4.35. The maximum Gasteiger partial charge on any atom is 0.327 e. The van der Waals surface area contributed by atoms with Gasteiger partial charge in [0.05, 0.1) is 13.1 Å². The van der Waals surface area contributed by atoms with Gasteiger partial charge in [0.15, 0.2) is 0 Å². The van der Waals surface area contributed by atoms with Crippen LogP contribution in [-0.4, -0.2) is 29.9 Å². The summed E-state index contributed by atoms with van der Waals surface area (Å²) in [6, 6.07) is 2.33. The van der Waals surface area contributed by atoms with Crippen LogP contribution in [-0.2, 0) is 20.7 Å². The Labute approximate surface area is 103 Å². The van der Waals surface area contributed by atoms with Crippen molar-refractivity contribution >= 4 is 23.3 Å². The highest BCUT2D eigenvalue weighted by atomic mass is 32.1. The second-order valence-corrected chi connectivity index (χ2v) is 5.46. The van der Waals surface area contributed by atoms with Crippen molar-refractivity contribution in [1.29, 1.82) is 0 Å². The molecule has 1 aliphatic heterocycles. The van der Waals surface area contributed by atoms with Crippen molar-refractivity contribution in [1.82, 2.24) is 4.90 Å². The first-order valence-corrected chi connectivity index (χ1v) is 6.66. The van der Waals surface area contributed by atoms with Crippen LogP contribution in [0.5, 0.6) is 0 Å². The lowest BCUT2D eigenvalue weighted by atomic mass is 9.92. The Morgan fingerprint density at radius 2 is 2.06 bits per heavy atom. The Morgan fingerprint density at radius 1 is 1.29 bits per heavy atom. The molecule has 0 N–H and O–H groups in total. The molecule has 1 fully saturated rings. The highest BCUT2D eigenvalue weighted by molar-refractivity contribution is 7.10. The highest BCUT2D eigenvalue weighted by Gasteiger charge is 2.33. The number of rotatable bonds is 1. The van der Waals surface area contributed by atoms with E-state index in [-0.39, 0.29) is 19.1 Å². The molecular formula is C12H13NO3S. The number of nitrogens with zero attached hydrogens (tertiary/aromatic N) is 1. The standard InChI is InChI=1S/C12H13NO3S/c14-11-6-13(7-12(15)16-11)9-2-1-3-10-8(9)4-5-17-10/h4-5,9H,1-3,6-7H2. The Bertz CT molecular complexity index is 452. The van der Waals surface area contributed by atoms with Gasteiger partial charge >= 0.3 is 11.9 Å². The quantitative estimate of drug-likeness (QED) is 0.560. The van der Waals surface area contributed by atoms with Crippen LogP contribution in [0, 0.1) is 0 Å². The molecule has 1 saturated heterocycles. The van der Waals surface area contributed by atoms with Crippen LogP contribution in [0.4, 0.5) is 0 Å². The smallest absolute Gasteiger partial charge is 0.327 e. The van der Waals surface area contributed by atoms with Gasteiger partial charge in [-0.3, -0.25) is 14.5 Å². The van der Waals surface area contributed by atoms with Gasteiger partial charge in [-0.05, 0) is 36.3 Å². The van der Waals surface area contributed by atoms with E-state index in [1.165, 1.54) is 10.4 Å². The number of carbonyl (C=O) groups excluding carboxylic acids is 2. The number of hydrogen-bond acceptors (Lipinski definition) is 5. The summed E-state index contributed by atoms with van der Waals surface area (Å²) in [4.78, 5) is 25.9. The van der Waals surface area contributed by atoms with Crippen molar-refractivity contribution < 1.29 is 14.3 Å². The largest absolute Gasteiger partial charge is 0.391 e. The van der Waals surface area contributed by atoms with Crippen LogP contribution in [0.3, 0.4) is 0 Å². The predicted octanol–water partition coefficient (Wildman–Crippen LogP) is 1.51. The van der Waals surface area contributed by atoms with Gasteiger partial charge < -0.3 is 4.74 Å². The van der Waals surface area contributed by atoms with E-state index in [2.05, 4.69) is 16.2 Å². The summed E-state index contributed by atoms with van der Waals surface area (Å²) < 4.78 is 4.56. The zero-order chi connectivity index (χ0) is 11.8. The number of hydrogen-bond donors (Lipinski definition) is 0. The second kappa shape index (κ2) is 4.23. The van der Waals surface area contributed by atoms with Crippen molar-refractivity contribution in [2.75, 3.05) is 13.1 Å². The van der Waals surface area contributed by atoms with Gasteiger partial charge in [0.25, 0.3) is 0 Å². The van der Waals surface area contributed by atoms with Crippen LogP contribution >= 0.6 is 11.3 Å². The molecule has 0 amide bonds. The van der Waals surface area contributed by atoms with Crippen LogP contribution in [0.15, 0.2) is 11.4 Å². The molecule has 0 aromatic carbocycles. The van der Waals surface area contributed by atoms with Crippen molar-refractivity contribution in [3.63, 3.8) is 0 Å². The molecule has 0 radical (unpaired) electrons. The summed E-state index contributed by atoms with van der Waals surface area (Å²) in [5, 5.41) is 2.09. The number of esters is 2. The molecule has 1 aliphatic carbocycles. The zero-order valence-corrected chi connectivity index (χ0v) is 10.2. The molecule has 2 aliphatic rings. The Morgan fingerprint density at radius 3 is 2.82 bits per heavy atom. The van der Waals surface area contributed by atoms with Crippen molar-refractivity contribution in [3.8, 4) is 0 Å². The molecule has 90 valence electrons. The fourth-order valence-corrected chi connectivity index (χ4v) is 3.62. The first kappa shape index (κ1) is 10.9. The summed E-state index contributed by atoms with van der Waals surface area (Å²) >= 11 is 1.77. The Hall–Kier alpha value is -1.20. The number of thiophene rings is 1. The van der Waals surface area contributed by atoms with Crippen LogP contribution in [0.2, 0.25) is 0 Å². The minimum Gasteiger partial charge on any atom is -0.391 e. The molecule has 1 aromatic rings. The lowest BCUT2D eigenvalue weighted by Crippen LogP contribution is -2.45. The van der Waals surface area contributed by atoms with E-state index in [1.807, 2.05) is 4.90 Å². The molecule has 4 nitrogen and oxygen atoms in total. The fourth-order valence-electron chi connectivity index (χ4n) is 2.64. The molecule has 3 rings (SSSR count). The highest BCUT2D eigenvalue weighted by Crippen LogP contribution is 2.37. The molecule has 17 heavy (non-hydrogen) atoms. The van der Waals surface area contributed by atoms with Gasteiger partial charge in [-0.15, -0.1) is 11.3 Å². The monoisotopic (exact) mass is 251 g/mol. The summed E-state index contributed by atoms with van der Waals surface area (Å²) in [5.74, 6) is -0.854. The van der Waals surface area contributed by atoms with Gasteiger partial charge in [0.1, 0.15) is 0 Å². The molecular weight excluding hydrogens is 238 g/mol. The van der Waals surface area contributed by atoms with E-state index in [4.69, 9.17) is 0 Å². The minimum atomic E-state index is -0.427. The molecule has 5 heteroatoms. The average Bonchev–Trinajstić information content (AvgIpc) is 2.75. The van der Waals surface area contributed by atoms with Gasteiger partial charge in [0, 0.05) is 10.9 Å². The van der Waals surface area contributed by atoms with E-state index in [1.54, 1.807) is 11.3 Å². The number of aryl methyl sites for hydroxylation is 1. The molecule has 1 unspecified atom stereocenters. The Balaban J connectivity index is 1.86. The molecule has 0 saturated carbocycles. The number of fused-ring (bicyclic) bond motifs is 1. The van der Waals surface area contributed by atoms with Gasteiger partial charge in [0.2, 0.25) is 0 Å². The maximum absolute atomic E-state index is 11.3. The van der Waals surface area contributed by atoms with Gasteiger partial charge in [-0.25, -0.2) is 0 Å². The van der Waals surface area contributed by atoms with Crippen LogP contribution < -0.4 is 0 Å². The zero-order valence-electron chi connectivity index (χ0n) is 9.35. The third kappa shape index (κ3) is 2.00. The van der Waals surface area contributed by atoms with E-state index in [0.717, 1.165) is 19.3 Å². The van der Waals surface area contributed by atoms with E-state index >= 15 is 0 Å². The van der Waals surface area contributed by atoms with Crippen LogP contribution in [0.25, 0.3) is 0 Å². The number of morpholine rings is 1. The van der Waals surface area contributed by atoms with Crippen molar-refractivity contribution in [2.24, 2.45) is 0 Å². The minimum absolute atomic E-state index is 0.210. The topological polar surface area (TPSA) is 46.6 Å². The average molecular weight is 251 g/mol. The summed E-state index contributed by atoms with van der Waals surface area (Å²) in [6.07, 6.45) is 3.26. The summed E-state index contributed by atoms with van der Waals surface area (Å²) in [5.41, 5.74) is 1.30. The first-order chi connectivity index (χ1) is 8.24. The number of ether oxygens (including phenoxy) is 1. The molecule has 0 bridgehead atoms. The molecule has 2 heterocycles. The molecule has 1 aromatic heterocycles. The third-order valence-electron chi connectivity index (χ3n) is 3.35. The maximum atomic E-state index is 11.3. The van der Waals surface area contributed by atoms with Crippen molar-refractivity contribution in [2.45, 2.75) is 25.3 Å². The number of cyclic esters (lactones) is 2. The normalized spacial score (nSPS) is 25.5. The SMILES string of the molecule is O=C1CN(C2CCCc3sccc32)CC(=O)O1. The molecule has 0 spiro atoms. The van der Waals surface area contributed by atoms with E-state index in [9.17, 15) is 9.59 Å². The second-order valence-electron chi connectivity index (χ2n) is 4.46. The summed E-state index contributed by atoms with van der Waals surface area (Å²) in [6.45, 7) is 0.456. The Kier molecular flexibility index (Phi) is 2.72. The first-order valence-electron chi connectivity index (χ1n) is 5.78. The summed E-state index contributed by atoms with van der Waals surface area (Å²) in [7, 11) is 0. The number of carbonyl (C=O) groups is 2. The predicted molar refractivity (Wildman–Crippen MR) is 62.7 cm³/mol. The van der Waals surface area contributed by atoms with Crippen molar-refractivity contribution in [3.05, 3.63) is 21.9 Å².